The summed E-state index contributed by atoms with van der Waals surface area (Å²) in [5, 5.41) is 2.85. The third-order valence-electron chi connectivity index (χ3n) is 2.76. The summed E-state index contributed by atoms with van der Waals surface area (Å²) in [7, 11) is 0. The summed E-state index contributed by atoms with van der Waals surface area (Å²) in [6, 6.07) is 6.06. The van der Waals surface area contributed by atoms with Gasteiger partial charge in [0.25, 0.3) is 11.7 Å². The van der Waals surface area contributed by atoms with E-state index in [0.717, 1.165) is 0 Å². The van der Waals surface area contributed by atoms with Gasteiger partial charge in [-0.2, -0.15) is 8.78 Å². The standard InChI is InChI=1S/C14H15F2N3OS/c1-10(8-19-7-6-17-9-19)18-13(20)11-2-4-12(5-3-11)21-14(15)16/h2-7,9-10,14H,8H2,1H3,(H,18,20)/t10-/m1/s1. The zero-order chi connectivity index (χ0) is 15.2. The number of nitrogens with zero attached hydrogens (tertiary/aromatic N) is 2. The molecule has 21 heavy (non-hydrogen) atoms. The van der Waals surface area contributed by atoms with Crippen molar-refractivity contribution >= 4 is 17.7 Å². The molecule has 1 atom stereocenters. The van der Waals surface area contributed by atoms with Crippen LogP contribution >= 0.6 is 11.8 Å². The number of carbonyl (C=O) groups excluding carboxylic acids is 1. The number of aromatic nitrogens is 2. The van der Waals surface area contributed by atoms with Crippen molar-refractivity contribution in [3.63, 3.8) is 0 Å². The minimum Gasteiger partial charge on any atom is -0.348 e. The summed E-state index contributed by atoms with van der Waals surface area (Å²) in [6.45, 7) is 2.50. The Bertz CT molecular complexity index is 572. The number of carbonyl (C=O) groups is 1. The zero-order valence-electron chi connectivity index (χ0n) is 11.4. The highest BCUT2D eigenvalue weighted by molar-refractivity contribution is 7.99. The van der Waals surface area contributed by atoms with Crippen LogP contribution in [-0.4, -0.2) is 27.3 Å². The van der Waals surface area contributed by atoms with E-state index in [0.29, 0.717) is 28.8 Å². The molecule has 0 fully saturated rings. The van der Waals surface area contributed by atoms with Gasteiger partial charge >= 0.3 is 0 Å². The quantitative estimate of drug-likeness (QED) is 0.834. The second-order valence-electron chi connectivity index (χ2n) is 4.54. The lowest BCUT2D eigenvalue weighted by molar-refractivity contribution is 0.0936. The first-order valence-corrected chi connectivity index (χ1v) is 7.24. The van der Waals surface area contributed by atoms with E-state index >= 15 is 0 Å². The van der Waals surface area contributed by atoms with Crippen LogP contribution in [0.3, 0.4) is 0 Å². The van der Waals surface area contributed by atoms with Gasteiger partial charge in [0.15, 0.2) is 0 Å². The molecule has 0 bridgehead atoms. The van der Waals surface area contributed by atoms with Gasteiger partial charge in [-0.15, -0.1) is 0 Å². The lowest BCUT2D eigenvalue weighted by atomic mass is 10.2. The lowest BCUT2D eigenvalue weighted by Crippen LogP contribution is -2.35. The fraction of sp³-hybridized carbons (Fsp3) is 0.286. The van der Waals surface area contributed by atoms with E-state index in [9.17, 15) is 13.6 Å². The average molecular weight is 311 g/mol. The van der Waals surface area contributed by atoms with E-state index in [4.69, 9.17) is 0 Å². The van der Waals surface area contributed by atoms with E-state index in [1.165, 1.54) is 12.1 Å². The second-order valence-corrected chi connectivity index (χ2v) is 5.60. The molecule has 112 valence electrons. The molecule has 0 aliphatic carbocycles. The summed E-state index contributed by atoms with van der Waals surface area (Å²) >= 11 is 0.460. The Balaban J connectivity index is 1.90. The molecule has 7 heteroatoms. The Morgan fingerprint density at radius 3 is 2.67 bits per heavy atom. The Labute approximate surface area is 125 Å². The van der Waals surface area contributed by atoms with Crippen molar-refractivity contribution in [2.45, 2.75) is 30.2 Å². The van der Waals surface area contributed by atoms with Crippen LogP contribution in [0.1, 0.15) is 17.3 Å². The molecular weight excluding hydrogens is 296 g/mol. The van der Waals surface area contributed by atoms with Crippen molar-refractivity contribution in [2.75, 3.05) is 0 Å². The molecule has 4 nitrogen and oxygen atoms in total. The number of nitrogens with one attached hydrogen (secondary N) is 1. The Morgan fingerprint density at radius 1 is 1.38 bits per heavy atom. The topological polar surface area (TPSA) is 46.9 Å². The van der Waals surface area contributed by atoms with E-state index in [2.05, 4.69) is 10.3 Å². The fourth-order valence-corrected chi connectivity index (χ4v) is 2.35. The summed E-state index contributed by atoms with van der Waals surface area (Å²) in [5.41, 5.74) is 0.450. The fourth-order valence-electron chi connectivity index (χ4n) is 1.85. The predicted octanol–water partition coefficient (Wildman–Crippen LogP) is 3.02. The summed E-state index contributed by atoms with van der Waals surface area (Å²) in [6.07, 6.45) is 5.17. The number of imidazole rings is 1. The monoisotopic (exact) mass is 311 g/mol. The molecule has 0 saturated carbocycles. The van der Waals surface area contributed by atoms with Crippen LogP contribution in [-0.2, 0) is 6.54 Å². The molecule has 0 aliphatic heterocycles. The average Bonchev–Trinajstić information content (AvgIpc) is 2.91. The Kier molecular flexibility index (Phi) is 5.32. The maximum atomic E-state index is 12.2. The van der Waals surface area contributed by atoms with Crippen LogP contribution in [0, 0.1) is 0 Å². The second kappa shape index (κ2) is 7.21. The summed E-state index contributed by atoms with van der Waals surface area (Å²) < 4.78 is 26.3. The molecular formula is C14H15F2N3OS. The molecule has 0 aliphatic rings. The van der Waals surface area contributed by atoms with Gasteiger partial charge in [0.1, 0.15) is 0 Å². The van der Waals surface area contributed by atoms with Crippen molar-refractivity contribution in [2.24, 2.45) is 0 Å². The number of hydrogen-bond acceptors (Lipinski definition) is 3. The number of thioether (sulfide) groups is 1. The minimum atomic E-state index is -2.46. The smallest absolute Gasteiger partial charge is 0.288 e. The maximum Gasteiger partial charge on any atom is 0.288 e. The molecule has 2 rings (SSSR count). The molecule has 0 radical (unpaired) electrons. The van der Waals surface area contributed by atoms with Crippen LogP contribution in [0.2, 0.25) is 0 Å². The minimum absolute atomic E-state index is 0.0678. The van der Waals surface area contributed by atoms with Gasteiger partial charge in [0.05, 0.1) is 6.33 Å². The molecule has 0 saturated heterocycles. The molecule has 2 aromatic rings. The molecule has 1 aromatic carbocycles. The number of rotatable bonds is 6. The van der Waals surface area contributed by atoms with Gasteiger partial charge in [-0.3, -0.25) is 4.79 Å². The van der Waals surface area contributed by atoms with Crippen molar-refractivity contribution < 1.29 is 13.6 Å². The SMILES string of the molecule is C[C@H](Cn1ccnc1)NC(=O)c1ccc(SC(F)F)cc1. The zero-order valence-corrected chi connectivity index (χ0v) is 12.2. The van der Waals surface area contributed by atoms with Crippen LogP contribution in [0.25, 0.3) is 0 Å². The van der Waals surface area contributed by atoms with Crippen LogP contribution in [0.4, 0.5) is 8.78 Å². The molecule has 1 heterocycles. The lowest BCUT2D eigenvalue weighted by Gasteiger charge is -2.14. The highest BCUT2D eigenvalue weighted by Crippen LogP contribution is 2.25. The van der Waals surface area contributed by atoms with Crippen molar-refractivity contribution in [3.05, 3.63) is 48.5 Å². The van der Waals surface area contributed by atoms with Crippen LogP contribution < -0.4 is 5.32 Å². The van der Waals surface area contributed by atoms with Crippen molar-refractivity contribution in [1.29, 1.82) is 0 Å². The highest BCUT2D eigenvalue weighted by atomic mass is 32.2. The van der Waals surface area contributed by atoms with E-state index in [1.807, 2.05) is 17.7 Å². The number of hydrogen-bond donors (Lipinski definition) is 1. The molecule has 0 unspecified atom stereocenters. The van der Waals surface area contributed by atoms with Gasteiger partial charge < -0.3 is 9.88 Å². The Morgan fingerprint density at radius 2 is 2.10 bits per heavy atom. The van der Waals surface area contributed by atoms with E-state index < -0.39 is 5.76 Å². The predicted molar refractivity (Wildman–Crippen MR) is 77.5 cm³/mol. The summed E-state index contributed by atoms with van der Waals surface area (Å²) in [4.78, 5) is 16.4. The van der Waals surface area contributed by atoms with Crippen molar-refractivity contribution in [1.82, 2.24) is 14.9 Å². The third-order valence-corrected chi connectivity index (χ3v) is 3.49. The van der Waals surface area contributed by atoms with Gasteiger partial charge in [-0.05, 0) is 31.2 Å². The van der Waals surface area contributed by atoms with Gasteiger partial charge in [0, 0.05) is 35.4 Å². The van der Waals surface area contributed by atoms with Gasteiger partial charge in [-0.25, -0.2) is 4.98 Å². The Hall–Kier alpha value is -1.89. The molecule has 1 amide bonds. The van der Waals surface area contributed by atoms with Crippen LogP contribution in [0.5, 0.6) is 0 Å². The number of halogens is 2. The van der Waals surface area contributed by atoms with Crippen molar-refractivity contribution in [3.8, 4) is 0 Å². The highest BCUT2D eigenvalue weighted by Gasteiger charge is 2.11. The first-order valence-electron chi connectivity index (χ1n) is 6.36. The van der Waals surface area contributed by atoms with E-state index in [-0.39, 0.29) is 11.9 Å². The first-order chi connectivity index (χ1) is 10.0. The number of amides is 1. The molecule has 1 N–H and O–H groups in total. The maximum absolute atomic E-state index is 12.2. The van der Waals surface area contributed by atoms with E-state index in [1.54, 1.807) is 24.7 Å². The van der Waals surface area contributed by atoms with Gasteiger partial charge in [0.2, 0.25) is 0 Å². The van der Waals surface area contributed by atoms with Gasteiger partial charge in [-0.1, -0.05) is 11.8 Å². The summed E-state index contributed by atoms with van der Waals surface area (Å²) in [5.74, 6) is -2.68. The number of alkyl halides is 2. The molecule has 1 aromatic heterocycles. The van der Waals surface area contributed by atoms with Crippen LogP contribution in [0.15, 0.2) is 47.9 Å². The third kappa shape index (κ3) is 4.86. The normalized spacial score (nSPS) is 12.4. The number of benzene rings is 1. The largest absolute Gasteiger partial charge is 0.348 e. The molecule has 0 spiro atoms. The first kappa shape index (κ1) is 15.5.